The third-order valence-corrected chi connectivity index (χ3v) is 4.60. The molecule has 0 aromatic carbocycles. The first-order valence-electron chi connectivity index (χ1n) is 6.53. The molecule has 2 heteroatoms. The van der Waals surface area contributed by atoms with Crippen LogP contribution in [-0.2, 0) is 0 Å². The number of rotatable bonds is 1. The Hall–Kier alpha value is -0.0800. The zero-order valence-electron chi connectivity index (χ0n) is 10.2. The minimum atomic E-state index is -0.00115. The van der Waals surface area contributed by atoms with Crippen LogP contribution in [0.5, 0.6) is 0 Å². The fourth-order valence-electron chi connectivity index (χ4n) is 3.23. The van der Waals surface area contributed by atoms with Crippen molar-refractivity contribution in [1.29, 1.82) is 0 Å². The van der Waals surface area contributed by atoms with E-state index in [-0.39, 0.29) is 6.10 Å². The Bertz CT molecular complexity index is 197. The lowest BCUT2D eigenvalue weighted by atomic mass is 9.67. The quantitative estimate of drug-likeness (QED) is 0.720. The summed E-state index contributed by atoms with van der Waals surface area (Å²) >= 11 is 0. The van der Waals surface area contributed by atoms with Gasteiger partial charge in [0.1, 0.15) is 0 Å². The van der Waals surface area contributed by atoms with Crippen LogP contribution in [0.2, 0.25) is 0 Å². The first kappa shape index (κ1) is 11.4. The molecule has 1 N–H and O–H groups in total. The summed E-state index contributed by atoms with van der Waals surface area (Å²) in [5, 5.41) is 9.55. The molecule has 0 aromatic rings. The Balaban J connectivity index is 1.86. The molecule has 0 bridgehead atoms. The number of hydrogen-bond acceptors (Lipinski definition) is 2. The largest absolute Gasteiger partial charge is 0.393 e. The third-order valence-electron chi connectivity index (χ3n) is 4.60. The standard InChI is InChI=1S/C13H25NO/c1-11(2)14-9-7-13(8-10-14)5-3-12(15)4-6-13/h11-12,15H,3-10H2,1-2H3. The second-order valence-electron chi connectivity index (χ2n) is 5.86. The Labute approximate surface area is 93.7 Å². The van der Waals surface area contributed by atoms with E-state index < -0.39 is 0 Å². The van der Waals surface area contributed by atoms with E-state index in [0.717, 1.165) is 12.8 Å². The predicted molar refractivity (Wildman–Crippen MR) is 62.9 cm³/mol. The Morgan fingerprint density at radius 3 is 2.07 bits per heavy atom. The monoisotopic (exact) mass is 211 g/mol. The number of piperidine rings is 1. The predicted octanol–water partition coefficient (Wildman–Crippen LogP) is 2.41. The van der Waals surface area contributed by atoms with Crippen molar-refractivity contribution in [3.8, 4) is 0 Å². The summed E-state index contributed by atoms with van der Waals surface area (Å²) in [5.41, 5.74) is 0.602. The normalized spacial score (nSPS) is 28.8. The minimum Gasteiger partial charge on any atom is -0.393 e. The second-order valence-corrected chi connectivity index (χ2v) is 5.86. The van der Waals surface area contributed by atoms with Gasteiger partial charge in [0.2, 0.25) is 0 Å². The van der Waals surface area contributed by atoms with Crippen molar-refractivity contribution in [2.45, 2.75) is 64.5 Å². The van der Waals surface area contributed by atoms with Gasteiger partial charge in [0.25, 0.3) is 0 Å². The highest BCUT2D eigenvalue weighted by atomic mass is 16.3. The number of likely N-dealkylation sites (tertiary alicyclic amines) is 1. The van der Waals surface area contributed by atoms with Gasteiger partial charge in [0.15, 0.2) is 0 Å². The van der Waals surface area contributed by atoms with Crippen LogP contribution in [0.3, 0.4) is 0 Å². The van der Waals surface area contributed by atoms with Gasteiger partial charge < -0.3 is 10.0 Å². The average Bonchev–Trinajstić information content (AvgIpc) is 2.24. The molecule has 0 amide bonds. The van der Waals surface area contributed by atoms with Crippen LogP contribution >= 0.6 is 0 Å². The van der Waals surface area contributed by atoms with E-state index in [0.29, 0.717) is 11.5 Å². The molecule has 15 heavy (non-hydrogen) atoms. The summed E-state index contributed by atoms with van der Waals surface area (Å²) in [7, 11) is 0. The van der Waals surface area contributed by atoms with Gasteiger partial charge in [0, 0.05) is 6.04 Å². The SMILES string of the molecule is CC(C)N1CCC2(CCC(O)CC2)CC1. The van der Waals surface area contributed by atoms with E-state index in [1.54, 1.807) is 0 Å². The maximum absolute atomic E-state index is 9.55. The highest BCUT2D eigenvalue weighted by Gasteiger charge is 2.37. The van der Waals surface area contributed by atoms with Crippen LogP contribution < -0.4 is 0 Å². The number of hydrogen-bond donors (Lipinski definition) is 1. The summed E-state index contributed by atoms with van der Waals surface area (Å²) in [6.45, 7) is 7.13. The number of aliphatic hydroxyl groups is 1. The fraction of sp³-hybridized carbons (Fsp3) is 1.00. The van der Waals surface area contributed by atoms with Gasteiger partial charge in [0.05, 0.1) is 6.10 Å². The number of nitrogens with zero attached hydrogens (tertiary/aromatic N) is 1. The second kappa shape index (κ2) is 4.42. The highest BCUT2D eigenvalue weighted by Crippen LogP contribution is 2.44. The summed E-state index contributed by atoms with van der Waals surface area (Å²) < 4.78 is 0. The summed E-state index contributed by atoms with van der Waals surface area (Å²) in [6.07, 6.45) is 7.33. The maximum atomic E-state index is 9.55. The van der Waals surface area contributed by atoms with Crippen molar-refractivity contribution in [3.63, 3.8) is 0 Å². The van der Waals surface area contributed by atoms with Crippen LogP contribution in [0.4, 0.5) is 0 Å². The summed E-state index contributed by atoms with van der Waals surface area (Å²) in [6, 6.07) is 0.705. The van der Waals surface area contributed by atoms with Crippen molar-refractivity contribution in [1.82, 2.24) is 4.90 Å². The molecule has 1 spiro atoms. The molecular weight excluding hydrogens is 186 g/mol. The van der Waals surface area contributed by atoms with E-state index in [2.05, 4.69) is 18.7 Å². The molecule has 1 aliphatic heterocycles. The third kappa shape index (κ3) is 2.54. The van der Waals surface area contributed by atoms with Crippen molar-refractivity contribution in [3.05, 3.63) is 0 Å². The first-order valence-corrected chi connectivity index (χ1v) is 6.53. The van der Waals surface area contributed by atoms with Gasteiger partial charge in [-0.2, -0.15) is 0 Å². The Morgan fingerprint density at radius 1 is 1.07 bits per heavy atom. The molecule has 2 aliphatic rings. The molecule has 1 saturated heterocycles. The Kier molecular flexibility index (Phi) is 3.36. The van der Waals surface area contributed by atoms with E-state index in [1.165, 1.54) is 38.8 Å². The zero-order chi connectivity index (χ0) is 10.9. The Morgan fingerprint density at radius 2 is 1.60 bits per heavy atom. The molecule has 2 fully saturated rings. The van der Waals surface area contributed by atoms with Crippen molar-refractivity contribution in [2.24, 2.45) is 5.41 Å². The van der Waals surface area contributed by atoms with Gasteiger partial charge in [-0.25, -0.2) is 0 Å². The van der Waals surface area contributed by atoms with E-state index in [4.69, 9.17) is 0 Å². The van der Waals surface area contributed by atoms with Crippen molar-refractivity contribution in [2.75, 3.05) is 13.1 Å². The van der Waals surface area contributed by atoms with Gasteiger partial charge in [-0.05, 0) is 70.9 Å². The maximum Gasteiger partial charge on any atom is 0.0540 e. The van der Waals surface area contributed by atoms with Gasteiger partial charge in [-0.15, -0.1) is 0 Å². The van der Waals surface area contributed by atoms with E-state index in [1.807, 2.05) is 0 Å². The molecule has 1 saturated carbocycles. The molecule has 1 aliphatic carbocycles. The van der Waals surface area contributed by atoms with Crippen LogP contribution in [0.25, 0.3) is 0 Å². The summed E-state index contributed by atoms with van der Waals surface area (Å²) in [4.78, 5) is 2.59. The molecular formula is C13H25NO. The molecule has 2 nitrogen and oxygen atoms in total. The van der Waals surface area contributed by atoms with Crippen LogP contribution in [-0.4, -0.2) is 35.2 Å². The molecule has 1 heterocycles. The zero-order valence-corrected chi connectivity index (χ0v) is 10.2. The molecule has 0 atom stereocenters. The van der Waals surface area contributed by atoms with Crippen molar-refractivity contribution < 1.29 is 5.11 Å². The lowest BCUT2D eigenvalue weighted by molar-refractivity contribution is 0.0102. The minimum absolute atomic E-state index is 0.00115. The molecule has 2 rings (SSSR count). The van der Waals surface area contributed by atoms with Gasteiger partial charge in [-0.3, -0.25) is 0 Å². The van der Waals surface area contributed by atoms with Gasteiger partial charge >= 0.3 is 0 Å². The average molecular weight is 211 g/mol. The molecule has 0 radical (unpaired) electrons. The van der Waals surface area contributed by atoms with Crippen LogP contribution in [0, 0.1) is 5.41 Å². The first-order chi connectivity index (χ1) is 7.11. The molecule has 0 aromatic heterocycles. The lowest BCUT2D eigenvalue weighted by Gasteiger charge is -2.46. The van der Waals surface area contributed by atoms with Gasteiger partial charge in [-0.1, -0.05) is 0 Å². The highest BCUT2D eigenvalue weighted by molar-refractivity contribution is 4.90. The summed E-state index contributed by atoms with van der Waals surface area (Å²) in [5.74, 6) is 0. The number of aliphatic hydroxyl groups excluding tert-OH is 1. The fourth-order valence-corrected chi connectivity index (χ4v) is 3.23. The van der Waals surface area contributed by atoms with Crippen LogP contribution in [0.1, 0.15) is 52.4 Å². The topological polar surface area (TPSA) is 23.5 Å². The lowest BCUT2D eigenvalue weighted by Crippen LogP contribution is -2.45. The van der Waals surface area contributed by atoms with E-state index >= 15 is 0 Å². The van der Waals surface area contributed by atoms with E-state index in [9.17, 15) is 5.11 Å². The molecule has 88 valence electrons. The van der Waals surface area contributed by atoms with Crippen LogP contribution in [0.15, 0.2) is 0 Å². The van der Waals surface area contributed by atoms with Crippen molar-refractivity contribution >= 4 is 0 Å². The molecule has 0 unspecified atom stereocenters. The smallest absolute Gasteiger partial charge is 0.0540 e.